The lowest BCUT2D eigenvalue weighted by Crippen LogP contribution is -2.42. The van der Waals surface area contributed by atoms with Crippen LogP contribution in [0, 0.1) is 23.4 Å². The van der Waals surface area contributed by atoms with Gasteiger partial charge in [-0.2, -0.15) is 0 Å². The van der Waals surface area contributed by atoms with Gasteiger partial charge in [0, 0.05) is 24.5 Å². The largest absolute Gasteiger partial charge is 0.355 e. The van der Waals surface area contributed by atoms with E-state index in [2.05, 4.69) is 15.0 Å². The van der Waals surface area contributed by atoms with Crippen LogP contribution in [0.5, 0.6) is 0 Å². The molecule has 174 valence electrons. The number of H-pyrrole nitrogens is 1. The molecular weight excluding hydrogens is 455 g/mol. The third-order valence-electron chi connectivity index (χ3n) is 6.59. The van der Waals surface area contributed by atoms with Crippen LogP contribution in [-0.2, 0) is 14.8 Å². The van der Waals surface area contributed by atoms with Gasteiger partial charge in [-0.05, 0) is 72.6 Å². The zero-order valence-corrected chi connectivity index (χ0v) is 18.3. The van der Waals surface area contributed by atoms with Crippen LogP contribution >= 0.6 is 0 Å². The Bertz CT molecular complexity index is 1330. The summed E-state index contributed by atoms with van der Waals surface area (Å²) < 4.78 is 69.3. The highest BCUT2D eigenvalue weighted by molar-refractivity contribution is 7.90. The molecule has 0 bridgehead atoms. The molecule has 1 aromatic heterocycles. The Hall–Kier alpha value is -2.85. The number of sulfonamides is 1. The first-order chi connectivity index (χ1) is 15.7. The number of carbonyl (C=O) groups is 1. The maximum Gasteiger partial charge on any atom is 0.239 e. The minimum Gasteiger partial charge on any atom is -0.355 e. The topological polar surface area (TPSA) is 91.1 Å². The van der Waals surface area contributed by atoms with Crippen molar-refractivity contribution < 1.29 is 26.4 Å². The lowest BCUT2D eigenvalue weighted by Gasteiger charge is -2.36. The average Bonchev–Trinajstić information content (AvgIpc) is 3.32. The van der Waals surface area contributed by atoms with Crippen molar-refractivity contribution in [3.8, 4) is 11.3 Å². The molecule has 1 saturated carbocycles. The molecule has 1 atom stereocenters. The van der Waals surface area contributed by atoms with Gasteiger partial charge in [0.2, 0.25) is 15.9 Å². The summed E-state index contributed by atoms with van der Waals surface area (Å²) in [5.74, 6) is -2.31. The van der Waals surface area contributed by atoms with E-state index in [0.717, 1.165) is 11.6 Å². The molecule has 0 spiro atoms. The molecule has 2 aliphatic rings. The monoisotopic (exact) mass is 477 g/mol. The normalized spacial score (nSPS) is 23.0. The fourth-order valence-electron chi connectivity index (χ4n) is 4.85. The van der Waals surface area contributed by atoms with Crippen LogP contribution in [0.15, 0.2) is 36.4 Å². The van der Waals surface area contributed by atoms with Gasteiger partial charge in [-0.3, -0.25) is 4.79 Å². The molecule has 3 aromatic rings. The molecule has 1 amide bonds. The number of carbonyl (C=O) groups excluding carboxylic acids is 1. The van der Waals surface area contributed by atoms with Gasteiger partial charge in [-0.15, -0.1) is 0 Å². The first-order valence-electron chi connectivity index (χ1n) is 10.8. The number of hydrogen-bond acceptors (Lipinski definition) is 3. The minimum absolute atomic E-state index is 0.0265. The molecule has 3 N–H and O–H groups in total. The molecule has 0 radical (unpaired) electrons. The Morgan fingerprint density at radius 2 is 1.76 bits per heavy atom. The predicted octanol–water partition coefficient (Wildman–Crippen LogP) is 3.55. The maximum atomic E-state index is 14.5. The number of nitrogens with one attached hydrogen (secondary N) is 3. The summed E-state index contributed by atoms with van der Waals surface area (Å²) in [6.45, 7) is 0.537. The van der Waals surface area contributed by atoms with Gasteiger partial charge < -0.3 is 10.3 Å². The van der Waals surface area contributed by atoms with Crippen LogP contribution in [0.1, 0.15) is 30.7 Å². The maximum absolute atomic E-state index is 14.5. The van der Waals surface area contributed by atoms with Gasteiger partial charge in [0.1, 0.15) is 17.5 Å². The summed E-state index contributed by atoms with van der Waals surface area (Å²) in [6.07, 6.45) is 1.46. The fraction of sp³-hybridized carbons (Fsp3) is 0.348. The number of aromatic amines is 1. The molecular formula is C23H22F3N3O3S. The third-order valence-corrected chi connectivity index (χ3v) is 8.36. The van der Waals surface area contributed by atoms with Gasteiger partial charge >= 0.3 is 0 Å². The van der Waals surface area contributed by atoms with Gasteiger partial charge in [-0.25, -0.2) is 26.3 Å². The Balaban J connectivity index is 1.38. The number of hydrogen-bond donors (Lipinski definition) is 3. The molecule has 10 heteroatoms. The van der Waals surface area contributed by atoms with Crippen molar-refractivity contribution in [1.82, 2.24) is 15.0 Å². The fourth-order valence-corrected chi connectivity index (χ4v) is 6.31. The van der Waals surface area contributed by atoms with E-state index in [1.807, 2.05) is 0 Å². The summed E-state index contributed by atoms with van der Waals surface area (Å²) >= 11 is 0. The van der Waals surface area contributed by atoms with Crippen molar-refractivity contribution in [2.45, 2.75) is 30.4 Å². The van der Waals surface area contributed by atoms with Crippen LogP contribution in [0.3, 0.4) is 0 Å². The molecule has 33 heavy (non-hydrogen) atoms. The van der Waals surface area contributed by atoms with E-state index in [1.165, 1.54) is 18.2 Å². The van der Waals surface area contributed by atoms with E-state index in [1.54, 1.807) is 12.1 Å². The second kappa shape index (κ2) is 8.18. The standard InChI is InChI=1S/C23H22F3N3O3S/c24-15-3-1-13(2-4-15)21-20(17-9-16(25)10-18(26)22(17)29-21)14-7-12(8-14)11-28-33(31,32)19-5-6-27-23(19)30/h1-4,9-10,12,14,19,28-29H,5-8,11H2,(H,27,30)/t12?,14?,19-/m1/s1. The van der Waals surface area contributed by atoms with Gasteiger partial charge in [0.05, 0.1) is 11.2 Å². The van der Waals surface area contributed by atoms with Crippen LogP contribution in [-0.4, -0.2) is 37.6 Å². The van der Waals surface area contributed by atoms with Crippen molar-refractivity contribution in [1.29, 1.82) is 0 Å². The van der Waals surface area contributed by atoms with Crippen LogP contribution in [0.2, 0.25) is 0 Å². The van der Waals surface area contributed by atoms with Crippen molar-refractivity contribution >= 4 is 26.8 Å². The molecule has 2 heterocycles. The van der Waals surface area contributed by atoms with Crippen LogP contribution < -0.4 is 10.0 Å². The first-order valence-corrected chi connectivity index (χ1v) is 12.3. The number of aromatic nitrogens is 1. The molecule has 1 aliphatic heterocycles. The SMILES string of the molecule is O=C1NCC[C@H]1S(=O)(=O)NCC1CC(c2c(-c3ccc(F)cc3)[nH]c3c(F)cc(F)cc23)C1. The van der Waals surface area contributed by atoms with E-state index >= 15 is 0 Å². The number of amides is 1. The molecule has 1 saturated heterocycles. The van der Waals surface area contributed by atoms with Gasteiger partial charge in [0.25, 0.3) is 0 Å². The molecule has 1 aliphatic carbocycles. The molecule has 0 unspecified atom stereocenters. The van der Waals surface area contributed by atoms with Crippen LogP contribution in [0.4, 0.5) is 13.2 Å². The van der Waals surface area contributed by atoms with Crippen molar-refractivity contribution in [2.75, 3.05) is 13.1 Å². The second-order valence-corrected chi connectivity index (χ2v) is 10.7. The quantitative estimate of drug-likeness (QED) is 0.507. The highest BCUT2D eigenvalue weighted by Crippen LogP contribution is 2.48. The van der Waals surface area contributed by atoms with E-state index in [4.69, 9.17) is 0 Å². The van der Waals surface area contributed by atoms with Crippen molar-refractivity contribution in [3.63, 3.8) is 0 Å². The van der Waals surface area contributed by atoms with Crippen molar-refractivity contribution in [3.05, 3.63) is 59.4 Å². The van der Waals surface area contributed by atoms with E-state index < -0.39 is 38.6 Å². The highest BCUT2D eigenvalue weighted by Gasteiger charge is 2.39. The first kappa shape index (κ1) is 22.0. The molecule has 2 fully saturated rings. The zero-order chi connectivity index (χ0) is 23.3. The Morgan fingerprint density at radius 3 is 2.42 bits per heavy atom. The average molecular weight is 478 g/mol. The summed E-state index contributed by atoms with van der Waals surface area (Å²) in [7, 11) is -3.76. The number of fused-ring (bicyclic) bond motifs is 1. The van der Waals surface area contributed by atoms with Gasteiger partial charge in [-0.1, -0.05) is 0 Å². The predicted molar refractivity (Wildman–Crippen MR) is 117 cm³/mol. The Labute approximate surface area is 188 Å². The van der Waals surface area contributed by atoms with Crippen molar-refractivity contribution in [2.24, 2.45) is 5.92 Å². The lowest BCUT2D eigenvalue weighted by atomic mass is 9.70. The summed E-state index contributed by atoms with van der Waals surface area (Å²) in [4.78, 5) is 14.7. The lowest BCUT2D eigenvalue weighted by molar-refractivity contribution is -0.118. The zero-order valence-electron chi connectivity index (χ0n) is 17.5. The number of halogens is 3. The van der Waals surface area contributed by atoms with Crippen LogP contribution in [0.25, 0.3) is 22.2 Å². The highest BCUT2D eigenvalue weighted by atomic mass is 32.2. The summed E-state index contributed by atoms with van der Waals surface area (Å²) in [5.41, 5.74) is 2.17. The third kappa shape index (κ3) is 4.02. The smallest absolute Gasteiger partial charge is 0.239 e. The number of benzene rings is 2. The second-order valence-electron chi connectivity index (χ2n) is 8.73. The molecule has 2 aromatic carbocycles. The van der Waals surface area contributed by atoms with E-state index in [-0.39, 0.29) is 30.3 Å². The molecule has 5 rings (SSSR count). The minimum atomic E-state index is -3.76. The Morgan fingerprint density at radius 1 is 1.03 bits per heavy atom. The van der Waals surface area contributed by atoms with E-state index in [9.17, 15) is 26.4 Å². The Kier molecular flexibility index (Phi) is 5.44. The number of rotatable bonds is 6. The van der Waals surface area contributed by atoms with Gasteiger partial charge in [0.15, 0.2) is 5.25 Å². The summed E-state index contributed by atoms with van der Waals surface area (Å²) in [6, 6.07) is 7.86. The molecule has 6 nitrogen and oxygen atoms in total. The summed E-state index contributed by atoms with van der Waals surface area (Å²) in [5, 5.41) is 1.88. The van der Waals surface area contributed by atoms with E-state index in [0.29, 0.717) is 36.0 Å².